The Hall–Kier alpha value is -2.83. The number of ether oxygens (including phenoxy) is 1. The van der Waals surface area contributed by atoms with Crippen molar-refractivity contribution in [1.29, 1.82) is 0 Å². The standard InChI is InChI=1S/C22H21ClN2O3S/c1-4-28-21(26)19-18(15-6-5-13(2)14(3)11-15)12-29-20(19)25-22(27)24-17-9-7-16(23)8-10-17/h5-12H,4H2,1-3H3,(H2,24,25,27). The lowest BCUT2D eigenvalue weighted by atomic mass is 9.99. The topological polar surface area (TPSA) is 67.4 Å². The number of esters is 1. The minimum Gasteiger partial charge on any atom is -0.462 e. The number of hydrogen-bond donors (Lipinski definition) is 2. The zero-order chi connectivity index (χ0) is 21.0. The van der Waals surface area contributed by atoms with Crippen LogP contribution in [0.25, 0.3) is 11.1 Å². The molecule has 0 unspecified atom stereocenters. The van der Waals surface area contributed by atoms with Gasteiger partial charge in [0, 0.05) is 21.7 Å². The molecule has 0 spiro atoms. The number of carbonyl (C=O) groups excluding carboxylic acids is 2. The highest BCUT2D eigenvalue weighted by atomic mass is 35.5. The fourth-order valence-corrected chi connectivity index (χ4v) is 3.85. The first-order valence-corrected chi connectivity index (χ1v) is 10.3. The van der Waals surface area contributed by atoms with Gasteiger partial charge in [0.25, 0.3) is 0 Å². The predicted octanol–water partition coefficient (Wildman–Crippen LogP) is 6.51. The van der Waals surface area contributed by atoms with Gasteiger partial charge < -0.3 is 10.1 Å². The van der Waals surface area contributed by atoms with Crippen molar-refractivity contribution < 1.29 is 14.3 Å². The summed E-state index contributed by atoms with van der Waals surface area (Å²) < 4.78 is 5.24. The molecule has 0 fully saturated rings. The molecule has 2 N–H and O–H groups in total. The number of urea groups is 1. The van der Waals surface area contributed by atoms with Crippen LogP contribution in [-0.4, -0.2) is 18.6 Å². The van der Waals surface area contributed by atoms with E-state index in [2.05, 4.69) is 10.6 Å². The van der Waals surface area contributed by atoms with Crippen LogP contribution in [-0.2, 0) is 4.74 Å². The fourth-order valence-electron chi connectivity index (χ4n) is 2.78. The fraction of sp³-hybridized carbons (Fsp3) is 0.182. The molecule has 0 aliphatic rings. The monoisotopic (exact) mass is 428 g/mol. The van der Waals surface area contributed by atoms with E-state index < -0.39 is 12.0 Å². The van der Waals surface area contributed by atoms with Crippen LogP contribution >= 0.6 is 22.9 Å². The molecule has 5 nitrogen and oxygen atoms in total. The van der Waals surface area contributed by atoms with Crippen LogP contribution in [0.4, 0.5) is 15.5 Å². The van der Waals surface area contributed by atoms with Crippen molar-refractivity contribution in [3.8, 4) is 11.1 Å². The van der Waals surface area contributed by atoms with Crippen LogP contribution in [0.1, 0.15) is 28.4 Å². The maximum absolute atomic E-state index is 12.6. The zero-order valence-electron chi connectivity index (χ0n) is 16.3. The summed E-state index contributed by atoms with van der Waals surface area (Å²) in [5.41, 5.74) is 4.87. The van der Waals surface area contributed by atoms with Gasteiger partial charge >= 0.3 is 12.0 Å². The molecule has 3 aromatic rings. The number of aryl methyl sites for hydroxylation is 2. The SMILES string of the molecule is CCOC(=O)c1c(-c2ccc(C)c(C)c2)csc1NC(=O)Nc1ccc(Cl)cc1. The number of amides is 2. The quantitative estimate of drug-likeness (QED) is 0.455. The van der Waals surface area contributed by atoms with Crippen LogP contribution in [0.2, 0.25) is 5.02 Å². The van der Waals surface area contributed by atoms with E-state index in [-0.39, 0.29) is 6.61 Å². The first-order chi connectivity index (χ1) is 13.9. The minimum absolute atomic E-state index is 0.247. The summed E-state index contributed by atoms with van der Waals surface area (Å²) in [5.74, 6) is -0.469. The number of hydrogen-bond acceptors (Lipinski definition) is 4. The minimum atomic E-state index is -0.469. The summed E-state index contributed by atoms with van der Waals surface area (Å²) >= 11 is 7.15. The number of anilines is 2. The lowest BCUT2D eigenvalue weighted by Gasteiger charge is -2.10. The first kappa shape index (κ1) is 20.9. The van der Waals surface area contributed by atoms with Crippen molar-refractivity contribution in [1.82, 2.24) is 0 Å². The molecule has 0 aliphatic heterocycles. The van der Waals surface area contributed by atoms with Crippen LogP contribution in [0.15, 0.2) is 47.8 Å². The third kappa shape index (κ3) is 4.96. The van der Waals surface area contributed by atoms with E-state index in [1.54, 1.807) is 31.2 Å². The van der Waals surface area contributed by atoms with Gasteiger partial charge in [0.1, 0.15) is 10.6 Å². The number of halogens is 1. The predicted molar refractivity (Wildman–Crippen MR) is 119 cm³/mol. The van der Waals surface area contributed by atoms with Gasteiger partial charge in [-0.15, -0.1) is 11.3 Å². The van der Waals surface area contributed by atoms with E-state index >= 15 is 0 Å². The van der Waals surface area contributed by atoms with Crippen LogP contribution < -0.4 is 10.6 Å². The Morgan fingerprint density at radius 2 is 1.76 bits per heavy atom. The second kappa shape index (κ2) is 9.11. The Balaban J connectivity index is 1.90. The van der Waals surface area contributed by atoms with Crippen LogP contribution in [0.3, 0.4) is 0 Å². The largest absolute Gasteiger partial charge is 0.462 e. The first-order valence-electron chi connectivity index (χ1n) is 9.09. The zero-order valence-corrected chi connectivity index (χ0v) is 17.9. The van der Waals surface area contributed by atoms with Gasteiger partial charge in [-0.2, -0.15) is 0 Å². The normalized spacial score (nSPS) is 10.5. The molecule has 2 aromatic carbocycles. The molecule has 0 bridgehead atoms. The molecule has 0 aliphatic carbocycles. The molecule has 150 valence electrons. The van der Waals surface area contributed by atoms with E-state index in [0.29, 0.717) is 21.3 Å². The highest BCUT2D eigenvalue weighted by Crippen LogP contribution is 2.37. The third-order valence-electron chi connectivity index (χ3n) is 4.42. The lowest BCUT2D eigenvalue weighted by molar-refractivity contribution is 0.0529. The Morgan fingerprint density at radius 3 is 2.41 bits per heavy atom. The van der Waals surface area contributed by atoms with Gasteiger partial charge in [-0.05, 0) is 61.7 Å². The average molecular weight is 429 g/mol. The highest BCUT2D eigenvalue weighted by Gasteiger charge is 2.23. The smallest absolute Gasteiger partial charge is 0.341 e. The van der Waals surface area contributed by atoms with Crippen LogP contribution in [0, 0.1) is 13.8 Å². The molecular formula is C22H21ClN2O3S. The molecule has 29 heavy (non-hydrogen) atoms. The number of thiophene rings is 1. The Labute approximate surface area is 178 Å². The van der Waals surface area contributed by atoms with Crippen molar-refractivity contribution in [3.63, 3.8) is 0 Å². The van der Waals surface area contributed by atoms with Crippen molar-refractivity contribution in [2.24, 2.45) is 0 Å². The summed E-state index contributed by atoms with van der Waals surface area (Å²) in [7, 11) is 0. The summed E-state index contributed by atoms with van der Waals surface area (Å²) in [6, 6.07) is 12.3. The molecule has 3 rings (SSSR count). The molecule has 0 atom stereocenters. The van der Waals surface area contributed by atoms with E-state index in [1.807, 2.05) is 37.4 Å². The Bertz CT molecular complexity index is 1040. The lowest BCUT2D eigenvalue weighted by Crippen LogP contribution is -2.20. The molecule has 0 saturated heterocycles. The molecule has 1 heterocycles. The van der Waals surface area contributed by atoms with Gasteiger partial charge in [0.15, 0.2) is 0 Å². The van der Waals surface area contributed by atoms with Gasteiger partial charge in [0.05, 0.1) is 6.61 Å². The highest BCUT2D eigenvalue weighted by molar-refractivity contribution is 7.15. The van der Waals surface area contributed by atoms with Crippen molar-refractivity contribution in [2.45, 2.75) is 20.8 Å². The third-order valence-corrected chi connectivity index (χ3v) is 5.57. The van der Waals surface area contributed by atoms with Gasteiger partial charge in [-0.3, -0.25) is 5.32 Å². The van der Waals surface area contributed by atoms with Crippen molar-refractivity contribution >= 4 is 45.6 Å². The van der Waals surface area contributed by atoms with Gasteiger partial charge in [-0.1, -0.05) is 29.8 Å². The van der Waals surface area contributed by atoms with E-state index in [9.17, 15) is 9.59 Å². The number of carbonyl (C=O) groups is 2. The molecule has 1 aromatic heterocycles. The molecule has 0 saturated carbocycles. The van der Waals surface area contributed by atoms with E-state index in [4.69, 9.17) is 16.3 Å². The molecular weight excluding hydrogens is 408 g/mol. The maximum atomic E-state index is 12.6. The molecule has 0 radical (unpaired) electrons. The van der Waals surface area contributed by atoms with Crippen molar-refractivity contribution in [2.75, 3.05) is 17.2 Å². The summed E-state index contributed by atoms with van der Waals surface area (Å²) in [5, 5.41) is 8.36. The summed E-state index contributed by atoms with van der Waals surface area (Å²) in [6.07, 6.45) is 0. The second-order valence-corrected chi connectivity index (χ2v) is 7.78. The van der Waals surface area contributed by atoms with Gasteiger partial charge in [-0.25, -0.2) is 9.59 Å². The van der Waals surface area contributed by atoms with Gasteiger partial charge in [0.2, 0.25) is 0 Å². The Morgan fingerprint density at radius 1 is 1.03 bits per heavy atom. The molecule has 2 amide bonds. The number of rotatable bonds is 5. The Kier molecular flexibility index (Phi) is 6.56. The second-order valence-electron chi connectivity index (χ2n) is 6.46. The molecule has 7 heteroatoms. The van der Waals surface area contributed by atoms with E-state index in [0.717, 1.165) is 16.7 Å². The van der Waals surface area contributed by atoms with Crippen LogP contribution in [0.5, 0.6) is 0 Å². The summed E-state index contributed by atoms with van der Waals surface area (Å²) in [4.78, 5) is 25.1. The number of nitrogens with one attached hydrogen (secondary N) is 2. The van der Waals surface area contributed by atoms with E-state index in [1.165, 1.54) is 16.9 Å². The average Bonchev–Trinajstić information content (AvgIpc) is 3.09. The number of benzene rings is 2. The van der Waals surface area contributed by atoms with Crippen molar-refractivity contribution in [3.05, 3.63) is 69.6 Å². The summed E-state index contributed by atoms with van der Waals surface area (Å²) in [6.45, 7) is 6.05. The maximum Gasteiger partial charge on any atom is 0.341 e.